The molecule has 1 aliphatic rings. The van der Waals surface area contributed by atoms with Crippen molar-refractivity contribution in [3.05, 3.63) is 0 Å². The molecule has 0 radical (unpaired) electrons. The van der Waals surface area contributed by atoms with Crippen molar-refractivity contribution in [2.75, 3.05) is 13.1 Å². The maximum Gasteiger partial charge on any atom is 0.245 e. The summed E-state index contributed by atoms with van der Waals surface area (Å²) < 4.78 is 0. The third kappa shape index (κ3) is 3.51. The summed E-state index contributed by atoms with van der Waals surface area (Å²) >= 11 is 0. The molecule has 0 spiro atoms. The van der Waals surface area contributed by atoms with Gasteiger partial charge in [-0.1, -0.05) is 27.7 Å². The van der Waals surface area contributed by atoms with Crippen molar-refractivity contribution in [2.24, 2.45) is 5.41 Å². The van der Waals surface area contributed by atoms with E-state index >= 15 is 0 Å². The molecular formula is C12H22N2O2. The number of carbonyl (C=O) groups is 2. The van der Waals surface area contributed by atoms with Gasteiger partial charge in [0.15, 0.2) is 0 Å². The van der Waals surface area contributed by atoms with Crippen LogP contribution in [0, 0.1) is 5.41 Å². The summed E-state index contributed by atoms with van der Waals surface area (Å²) in [4.78, 5) is 25.0. The molecule has 1 unspecified atom stereocenters. The highest BCUT2D eigenvalue weighted by Gasteiger charge is 2.31. The minimum atomic E-state index is -0.318. The first-order valence-electron chi connectivity index (χ1n) is 5.91. The smallest absolute Gasteiger partial charge is 0.245 e. The summed E-state index contributed by atoms with van der Waals surface area (Å²) in [5.74, 6) is 0.0201. The van der Waals surface area contributed by atoms with Crippen LogP contribution >= 0.6 is 0 Å². The van der Waals surface area contributed by atoms with E-state index in [1.54, 1.807) is 4.90 Å². The molecule has 92 valence electrons. The van der Waals surface area contributed by atoms with E-state index in [-0.39, 0.29) is 29.8 Å². The molecule has 4 nitrogen and oxygen atoms in total. The Morgan fingerprint density at radius 3 is 2.50 bits per heavy atom. The molecule has 2 amide bonds. The van der Waals surface area contributed by atoms with Crippen molar-refractivity contribution in [1.82, 2.24) is 10.2 Å². The van der Waals surface area contributed by atoms with Crippen LogP contribution in [0.25, 0.3) is 0 Å². The highest BCUT2D eigenvalue weighted by Crippen LogP contribution is 2.19. The minimum absolute atomic E-state index is 0.0413. The second-order valence-corrected chi connectivity index (χ2v) is 5.60. The summed E-state index contributed by atoms with van der Waals surface area (Å²) in [7, 11) is 0. The van der Waals surface area contributed by atoms with E-state index < -0.39 is 0 Å². The van der Waals surface area contributed by atoms with E-state index in [2.05, 4.69) is 26.1 Å². The Bertz CT molecular complexity index is 281. The van der Waals surface area contributed by atoms with Crippen molar-refractivity contribution in [1.29, 1.82) is 0 Å². The largest absolute Gasteiger partial charge is 0.343 e. The van der Waals surface area contributed by atoms with Crippen LogP contribution in [-0.4, -0.2) is 35.8 Å². The number of nitrogens with zero attached hydrogens (tertiary/aromatic N) is 1. The molecule has 0 saturated carbocycles. The zero-order valence-electron chi connectivity index (χ0n) is 10.7. The first-order valence-corrected chi connectivity index (χ1v) is 5.91. The van der Waals surface area contributed by atoms with Crippen LogP contribution in [-0.2, 0) is 9.59 Å². The topological polar surface area (TPSA) is 49.4 Å². The first-order chi connectivity index (χ1) is 7.33. The van der Waals surface area contributed by atoms with Gasteiger partial charge in [-0.15, -0.1) is 0 Å². The van der Waals surface area contributed by atoms with E-state index in [9.17, 15) is 9.59 Å². The van der Waals surface area contributed by atoms with E-state index in [1.165, 1.54) is 0 Å². The van der Waals surface area contributed by atoms with Crippen molar-refractivity contribution in [3.63, 3.8) is 0 Å². The molecular weight excluding hydrogens is 204 g/mol. The average Bonchev–Trinajstić information content (AvgIpc) is 2.17. The zero-order chi connectivity index (χ0) is 12.3. The zero-order valence-corrected chi connectivity index (χ0v) is 10.7. The number of hydrogen-bond acceptors (Lipinski definition) is 2. The van der Waals surface area contributed by atoms with Crippen molar-refractivity contribution < 1.29 is 9.59 Å². The maximum atomic E-state index is 11.9. The summed E-state index contributed by atoms with van der Waals surface area (Å²) in [6.45, 7) is 9.21. The molecule has 1 N–H and O–H groups in total. The van der Waals surface area contributed by atoms with Gasteiger partial charge < -0.3 is 10.2 Å². The molecule has 1 aliphatic heterocycles. The van der Waals surface area contributed by atoms with E-state index in [0.717, 1.165) is 6.42 Å². The Kier molecular flexibility index (Phi) is 3.94. The van der Waals surface area contributed by atoms with Gasteiger partial charge >= 0.3 is 0 Å². The van der Waals surface area contributed by atoms with Gasteiger partial charge in [-0.25, -0.2) is 0 Å². The third-order valence-electron chi connectivity index (χ3n) is 2.82. The molecule has 1 saturated heterocycles. The maximum absolute atomic E-state index is 11.9. The third-order valence-corrected chi connectivity index (χ3v) is 2.82. The lowest BCUT2D eigenvalue weighted by molar-refractivity contribution is -0.144. The monoisotopic (exact) mass is 226 g/mol. The summed E-state index contributed by atoms with van der Waals surface area (Å²) in [5.41, 5.74) is 0.190. The predicted molar refractivity (Wildman–Crippen MR) is 62.9 cm³/mol. The number of hydrogen-bond donors (Lipinski definition) is 1. The normalized spacial score (nSPS) is 22.2. The van der Waals surface area contributed by atoms with Crippen LogP contribution in [0.5, 0.6) is 0 Å². The van der Waals surface area contributed by atoms with Crippen LogP contribution in [0.4, 0.5) is 0 Å². The standard InChI is InChI=1S/C12H22N2O2/c1-5-9-11(16)14(8-10(15)13-9)7-6-12(2,3)4/h9H,5-8H2,1-4H3,(H,13,15). The first kappa shape index (κ1) is 13.0. The number of nitrogens with one attached hydrogen (secondary N) is 1. The molecule has 1 fully saturated rings. The fourth-order valence-corrected chi connectivity index (χ4v) is 1.71. The van der Waals surface area contributed by atoms with Gasteiger partial charge in [-0.3, -0.25) is 9.59 Å². The van der Waals surface area contributed by atoms with Gasteiger partial charge in [0.2, 0.25) is 11.8 Å². The number of carbonyl (C=O) groups excluding carboxylic acids is 2. The average molecular weight is 226 g/mol. The predicted octanol–water partition coefficient (Wildman–Crippen LogP) is 1.16. The van der Waals surface area contributed by atoms with Crippen LogP contribution in [0.3, 0.4) is 0 Å². The molecule has 0 aromatic carbocycles. The van der Waals surface area contributed by atoms with Gasteiger partial charge in [-0.2, -0.15) is 0 Å². The summed E-state index contributed by atoms with van der Waals surface area (Å²) in [6, 6.07) is -0.318. The molecule has 0 aromatic heterocycles. The molecule has 4 heteroatoms. The molecule has 16 heavy (non-hydrogen) atoms. The van der Waals surface area contributed by atoms with Gasteiger partial charge in [-0.05, 0) is 18.3 Å². The highest BCUT2D eigenvalue weighted by molar-refractivity contribution is 5.94. The van der Waals surface area contributed by atoms with Crippen LogP contribution < -0.4 is 5.32 Å². The SMILES string of the molecule is CCC1NC(=O)CN(CCC(C)(C)C)C1=O. The van der Waals surface area contributed by atoms with Crippen LogP contribution in [0.15, 0.2) is 0 Å². The lowest BCUT2D eigenvalue weighted by Crippen LogP contribution is -2.58. The number of piperazine rings is 1. The quantitative estimate of drug-likeness (QED) is 0.785. The van der Waals surface area contributed by atoms with Gasteiger partial charge in [0.1, 0.15) is 6.04 Å². The molecule has 0 aromatic rings. The molecule has 1 rings (SSSR count). The van der Waals surface area contributed by atoms with Crippen LogP contribution in [0.2, 0.25) is 0 Å². The van der Waals surface area contributed by atoms with Crippen molar-refractivity contribution in [3.8, 4) is 0 Å². The van der Waals surface area contributed by atoms with E-state index in [4.69, 9.17) is 0 Å². The van der Waals surface area contributed by atoms with Crippen molar-refractivity contribution in [2.45, 2.75) is 46.6 Å². The van der Waals surface area contributed by atoms with Crippen LogP contribution in [0.1, 0.15) is 40.5 Å². The second-order valence-electron chi connectivity index (χ2n) is 5.60. The lowest BCUT2D eigenvalue weighted by Gasteiger charge is -2.33. The fraction of sp³-hybridized carbons (Fsp3) is 0.833. The Morgan fingerprint density at radius 1 is 1.38 bits per heavy atom. The van der Waals surface area contributed by atoms with Gasteiger partial charge in [0.25, 0.3) is 0 Å². The second kappa shape index (κ2) is 4.85. The Morgan fingerprint density at radius 2 is 2.00 bits per heavy atom. The number of rotatable bonds is 3. The molecule has 0 aliphatic carbocycles. The molecule has 1 atom stereocenters. The van der Waals surface area contributed by atoms with Crippen molar-refractivity contribution >= 4 is 11.8 Å². The Balaban J connectivity index is 2.58. The van der Waals surface area contributed by atoms with Gasteiger partial charge in [0, 0.05) is 6.54 Å². The van der Waals surface area contributed by atoms with E-state index in [0.29, 0.717) is 13.0 Å². The highest BCUT2D eigenvalue weighted by atomic mass is 16.2. The molecule has 1 heterocycles. The fourth-order valence-electron chi connectivity index (χ4n) is 1.71. The Hall–Kier alpha value is -1.06. The molecule has 0 bridgehead atoms. The summed E-state index contributed by atoms with van der Waals surface area (Å²) in [6.07, 6.45) is 1.58. The van der Waals surface area contributed by atoms with Gasteiger partial charge in [0.05, 0.1) is 6.54 Å². The Labute approximate surface area is 97.4 Å². The number of amides is 2. The van der Waals surface area contributed by atoms with E-state index in [1.807, 2.05) is 6.92 Å². The summed E-state index contributed by atoms with van der Waals surface area (Å²) in [5, 5.41) is 2.71. The minimum Gasteiger partial charge on any atom is -0.343 e. The lowest BCUT2D eigenvalue weighted by atomic mass is 9.92.